The summed E-state index contributed by atoms with van der Waals surface area (Å²) in [7, 11) is 0. The average Bonchev–Trinajstić information content (AvgIpc) is 3.26. The zero-order chi connectivity index (χ0) is 18.7. The molecule has 2 amide bonds. The van der Waals surface area contributed by atoms with Crippen LogP contribution >= 0.6 is 0 Å². The summed E-state index contributed by atoms with van der Waals surface area (Å²) in [5, 5.41) is 9.45. The second kappa shape index (κ2) is 11.9. The Morgan fingerprint density at radius 3 is 2.11 bits per heavy atom. The van der Waals surface area contributed by atoms with E-state index in [2.05, 4.69) is 28.0 Å². The zero-order valence-corrected chi connectivity index (χ0v) is 18.0. The van der Waals surface area contributed by atoms with Crippen molar-refractivity contribution in [1.82, 2.24) is 9.78 Å². The van der Waals surface area contributed by atoms with E-state index in [1.54, 1.807) is 29.1 Å². The molecular formula is C22H18N4OY-2. The summed E-state index contributed by atoms with van der Waals surface area (Å²) in [6.45, 7) is 0. The number of benzene rings is 3. The molecule has 0 saturated carbocycles. The van der Waals surface area contributed by atoms with Gasteiger partial charge in [0.15, 0.2) is 0 Å². The van der Waals surface area contributed by atoms with E-state index >= 15 is 0 Å². The van der Waals surface area contributed by atoms with Crippen LogP contribution in [0.4, 0.5) is 16.2 Å². The minimum Gasteiger partial charge on any atom is -0.360 e. The number of hydrogen-bond donors (Lipinski definition) is 2. The predicted octanol–water partition coefficient (Wildman–Crippen LogP) is 4.80. The van der Waals surface area contributed by atoms with Crippen molar-refractivity contribution in [3.8, 4) is 5.69 Å². The van der Waals surface area contributed by atoms with Crippen LogP contribution in [0, 0.1) is 12.3 Å². The second-order valence-electron chi connectivity index (χ2n) is 5.43. The number of anilines is 2. The molecule has 0 unspecified atom stereocenters. The van der Waals surface area contributed by atoms with Crippen LogP contribution < -0.4 is 10.6 Å². The van der Waals surface area contributed by atoms with Crippen LogP contribution in [0.5, 0.6) is 0 Å². The van der Waals surface area contributed by atoms with Crippen LogP contribution in [-0.4, -0.2) is 15.8 Å². The third-order valence-electron chi connectivity index (χ3n) is 3.44. The van der Waals surface area contributed by atoms with Gasteiger partial charge in [-0.1, -0.05) is 66.6 Å². The third-order valence-corrected chi connectivity index (χ3v) is 3.44. The molecule has 28 heavy (non-hydrogen) atoms. The number of rotatable bonds is 3. The molecule has 3 aromatic carbocycles. The molecule has 0 bridgehead atoms. The number of hydrogen-bond acceptors (Lipinski definition) is 2. The van der Waals surface area contributed by atoms with Crippen LogP contribution in [0.3, 0.4) is 0 Å². The standard InChI is InChI=1S/C13H11N2O.C9H7N2.Y/c16-13(14-11-7-3-1-4-8-11)15-12-9-5-2-6-10-12;1-2-5-9(6-3-1)11-8-4-7-10-11;/h1-9H,(H2,14,15,16);1-7H;/q2*-1;. The normalized spacial score (nSPS) is 9.29. The molecule has 0 aliphatic carbocycles. The average molecular weight is 443 g/mol. The van der Waals surface area contributed by atoms with Gasteiger partial charge >= 0.3 is 6.03 Å². The van der Waals surface area contributed by atoms with Crippen molar-refractivity contribution in [1.29, 1.82) is 0 Å². The summed E-state index contributed by atoms with van der Waals surface area (Å²) in [6.07, 6.45) is 4.67. The van der Waals surface area contributed by atoms with Crippen LogP contribution in [0.1, 0.15) is 0 Å². The fourth-order valence-electron chi connectivity index (χ4n) is 2.22. The Morgan fingerprint density at radius 1 is 0.821 bits per heavy atom. The molecule has 1 aromatic heterocycles. The number of carbonyl (C=O) groups excluding carboxylic acids is 1. The van der Waals surface area contributed by atoms with Gasteiger partial charge in [-0.05, 0) is 17.8 Å². The van der Waals surface area contributed by atoms with Gasteiger partial charge in [-0.25, -0.2) is 4.79 Å². The summed E-state index contributed by atoms with van der Waals surface area (Å²) < 4.78 is 1.71. The summed E-state index contributed by atoms with van der Waals surface area (Å²) in [4.78, 5) is 11.5. The SMILES string of the molecule is O=C(Nc1[c-]cccc1)Nc1ccccc1.[Y].[c-]1ccnn1-c1ccccc1. The van der Waals surface area contributed by atoms with Gasteiger partial charge in [0.2, 0.25) is 0 Å². The Morgan fingerprint density at radius 2 is 1.50 bits per heavy atom. The van der Waals surface area contributed by atoms with Gasteiger partial charge in [-0.15, -0.1) is 12.1 Å². The maximum absolute atomic E-state index is 11.5. The smallest absolute Gasteiger partial charge is 0.321 e. The molecule has 4 rings (SSSR count). The summed E-state index contributed by atoms with van der Waals surface area (Å²) in [6, 6.07) is 30.8. The molecule has 1 radical (unpaired) electrons. The molecule has 5 nitrogen and oxygen atoms in total. The van der Waals surface area contributed by atoms with Gasteiger partial charge in [0, 0.05) is 38.4 Å². The van der Waals surface area contributed by atoms with E-state index in [1.807, 2.05) is 72.8 Å². The van der Waals surface area contributed by atoms with Gasteiger partial charge in [0.05, 0.1) is 0 Å². The maximum Gasteiger partial charge on any atom is 0.321 e. The third kappa shape index (κ3) is 7.10. The molecule has 0 fully saturated rings. The number of para-hydroxylation sites is 3. The number of amides is 2. The van der Waals surface area contributed by atoms with E-state index in [4.69, 9.17) is 0 Å². The Kier molecular flexibility index (Phi) is 9.12. The van der Waals surface area contributed by atoms with Crippen LogP contribution in [0.15, 0.2) is 97.2 Å². The second-order valence-corrected chi connectivity index (χ2v) is 5.43. The van der Waals surface area contributed by atoms with E-state index in [0.29, 0.717) is 5.69 Å². The van der Waals surface area contributed by atoms with Crippen molar-refractivity contribution >= 4 is 17.4 Å². The van der Waals surface area contributed by atoms with Crippen molar-refractivity contribution in [3.63, 3.8) is 0 Å². The minimum absolute atomic E-state index is 0. The molecule has 0 aliphatic heterocycles. The summed E-state index contributed by atoms with van der Waals surface area (Å²) in [5.41, 5.74) is 2.45. The molecule has 6 heteroatoms. The molecule has 0 spiro atoms. The first-order valence-electron chi connectivity index (χ1n) is 8.38. The number of carbonyl (C=O) groups is 1. The van der Waals surface area contributed by atoms with E-state index in [9.17, 15) is 4.79 Å². The fraction of sp³-hybridized carbons (Fsp3) is 0. The minimum atomic E-state index is -0.270. The maximum atomic E-state index is 11.5. The van der Waals surface area contributed by atoms with Crippen molar-refractivity contribution in [2.45, 2.75) is 0 Å². The number of urea groups is 1. The molecule has 0 aliphatic rings. The Labute approximate surface area is 189 Å². The van der Waals surface area contributed by atoms with E-state index in [-0.39, 0.29) is 38.7 Å². The Hall–Kier alpha value is -2.76. The zero-order valence-electron chi connectivity index (χ0n) is 15.1. The van der Waals surface area contributed by atoms with Gasteiger partial charge < -0.3 is 15.3 Å². The largest absolute Gasteiger partial charge is 0.360 e. The van der Waals surface area contributed by atoms with Gasteiger partial charge in [-0.3, -0.25) is 5.10 Å². The monoisotopic (exact) mass is 443 g/mol. The van der Waals surface area contributed by atoms with Gasteiger partial charge in [0.1, 0.15) is 0 Å². The predicted molar refractivity (Wildman–Crippen MR) is 107 cm³/mol. The topological polar surface area (TPSA) is 59.0 Å². The van der Waals surface area contributed by atoms with Crippen molar-refractivity contribution in [2.75, 3.05) is 10.6 Å². The number of nitrogens with zero attached hydrogens (tertiary/aromatic N) is 2. The quantitative estimate of drug-likeness (QED) is 0.447. The molecule has 1 heterocycles. The van der Waals surface area contributed by atoms with E-state index in [0.717, 1.165) is 11.4 Å². The van der Waals surface area contributed by atoms with E-state index in [1.165, 1.54) is 0 Å². The van der Waals surface area contributed by atoms with Gasteiger partial charge in [0.25, 0.3) is 0 Å². The van der Waals surface area contributed by atoms with Crippen molar-refractivity contribution in [3.05, 3.63) is 109 Å². The molecule has 137 valence electrons. The number of aromatic nitrogens is 2. The summed E-state index contributed by atoms with van der Waals surface area (Å²) in [5.74, 6) is 0. The van der Waals surface area contributed by atoms with E-state index < -0.39 is 0 Å². The molecule has 0 atom stereocenters. The Balaban J connectivity index is 0.000000205. The van der Waals surface area contributed by atoms with Crippen molar-refractivity contribution in [2.24, 2.45) is 0 Å². The Bertz CT molecular complexity index is 887. The van der Waals surface area contributed by atoms with Gasteiger partial charge in [-0.2, -0.15) is 24.3 Å². The fourth-order valence-corrected chi connectivity index (χ4v) is 2.22. The molecule has 2 N–H and O–H groups in total. The van der Waals surface area contributed by atoms with Crippen molar-refractivity contribution < 1.29 is 37.5 Å². The van der Waals surface area contributed by atoms with Crippen LogP contribution in [-0.2, 0) is 32.7 Å². The number of nitrogens with one attached hydrogen (secondary N) is 2. The molecular weight excluding hydrogens is 425 g/mol. The van der Waals surface area contributed by atoms with Crippen LogP contribution in [0.2, 0.25) is 0 Å². The molecule has 4 aromatic rings. The first-order valence-corrected chi connectivity index (χ1v) is 8.38. The first kappa shape index (κ1) is 21.5. The molecule has 0 saturated heterocycles. The summed E-state index contributed by atoms with van der Waals surface area (Å²) >= 11 is 0. The van der Waals surface area contributed by atoms with Crippen LogP contribution in [0.25, 0.3) is 5.69 Å². The first-order chi connectivity index (χ1) is 13.3.